The Balaban J connectivity index is 1.91. The van der Waals surface area contributed by atoms with E-state index in [4.69, 9.17) is 11.6 Å². The molecule has 0 radical (unpaired) electrons. The molecule has 1 amide bonds. The Morgan fingerprint density at radius 3 is 2.58 bits per heavy atom. The van der Waals surface area contributed by atoms with Crippen molar-refractivity contribution in [3.63, 3.8) is 0 Å². The molecule has 1 N–H and O–H groups in total. The van der Waals surface area contributed by atoms with E-state index >= 15 is 0 Å². The predicted molar refractivity (Wildman–Crippen MR) is 93.7 cm³/mol. The van der Waals surface area contributed by atoms with Gasteiger partial charge in [0.2, 0.25) is 0 Å². The second-order valence-electron chi connectivity index (χ2n) is 5.17. The van der Waals surface area contributed by atoms with Gasteiger partial charge in [-0.1, -0.05) is 29.8 Å². The minimum atomic E-state index is -4.54. The van der Waals surface area contributed by atoms with Crippen molar-refractivity contribution in [3.05, 3.63) is 69.3 Å². The number of nitrogens with zero attached hydrogens (tertiary/aromatic N) is 1. The van der Waals surface area contributed by atoms with Gasteiger partial charge in [-0.25, -0.2) is 9.38 Å². The Hall–Kier alpha value is -2.32. The van der Waals surface area contributed by atoms with Crippen LogP contribution < -0.4 is 5.32 Å². The summed E-state index contributed by atoms with van der Waals surface area (Å²) < 4.78 is 52.1. The van der Waals surface area contributed by atoms with Crippen LogP contribution in [0.5, 0.6) is 0 Å². The third kappa shape index (κ3) is 4.08. The molecular formula is C17H9ClF4N2OS. The van der Waals surface area contributed by atoms with E-state index < -0.39 is 23.5 Å². The summed E-state index contributed by atoms with van der Waals surface area (Å²) in [6, 6.07) is 8.60. The lowest BCUT2D eigenvalue weighted by molar-refractivity contribution is -0.137. The smallest absolute Gasteiger partial charge is 0.300 e. The van der Waals surface area contributed by atoms with Gasteiger partial charge < -0.3 is 5.32 Å². The zero-order valence-electron chi connectivity index (χ0n) is 12.8. The molecule has 0 unspecified atom stereocenters. The monoisotopic (exact) mass is 400 g/mol. The molecule has 1 fully saturated rings. The lowest BCUT2D eigenvalue weighted by Crippen LogP contribution is -2.19. The zero-order valence-corrected chi connectivity index (χ0v) is 14.3. The molecular weight excluding hydrogens is 392 g/mol. The van der Waals surface area contributed by atoms with Crippen molar-refractivity contribution in [3.8, 4) is 0 Å². The summed E-state index contributed by atoms with van der Waals surface area (Å²) >= 11 is 6.77. The third-order valence-corrected chi connectivity index (χ3v) is 4.57. The normalized spacial score (nSPS) is 17.8. The van der Waals surface area contributed by atoms with Gasteiger partial charge in [0.15, 0.2) is 5.17 Å². The number of aliphatic imine (C=N–C) groups is 1. The highest BCUT2D eigenvalue weighted by Gasteiger charge is 2.31. The quantitative estimate of drug-likeness (QED) is 0.542. The van der Waals surface area contributed by atoms with Gasteiger partial charge in [0, 0.05) is 5.56 Å². The lowest BCUT2D eigenvalue weighted by atomic mass is 10.2. The summed E-state index contributed by atoms with van der Waals surface area (Å²) in [5.74, 6) is -1.03. The molecule has 1 heterocycles. The van der Waals surface area contributed by atoms with E-state index in [2.05, 4.69) is 10.3 Å². The topological polar surface area (TPSA) is 41.5 Å². The van der Waals surface area contributed by atoms with Gasteiger partial charge in [0.25, 0.3) is 5.91 Å². The molecule has 3 rings (SSSR count). The second kappa shape index (κ2) is 7.13. The van der Waals surface area contributed by atoms with Crippen molar-refractivity contribution in [1.82, 2.24) is 5.32 Å². The maximum atomic E-state index is 13.7. The van der Waals surface area contributed by atoms with Crippen LogP contribution in [0.1, 0.15) is 11.1 Å². The molecule has 0 spiro atoms. The number of rotatable bonds is 2. The lowest BCUT2D eigenvalue weighted by Gasteiger charge is -2.08. The molecule has 134 valence electrons. The molecule has 0 atom stereocenters. The van der Waals surface area contributed by atoms with Gasteiger partial charge >= 0.3 is 6.18 Å². The van der Waals surface area contributed by atoms with E-state index in [0.29, 0.717) is 0 Å². The van der Waals surface area contributed by atoms with Crippen LogP contribution in [0.25, 0.3) is 6.08 Å². The van der Waals surface area contributed by atoms with E-state index in [-0.39, 0.29) is 26.3 Å². The number of alkyl halides is 3. The second-order valence-corrected chi connectivity index (χ2v) is 6.61. The van der Waals surface area contributed by atoms with Crippen LogP contribution in [0, 0.1) is 5.82 Å². The summed E-state index contributed by atoms with van der Waals surface area (Å²) in [5.41, 5.74) is -0.822. The van der Waals surface area contributed by atoms with Crippen LogP contribution in [0.4, 0.5) is 23.2 Å². The maximum absolute atomic E-state index is 13.7. The van der Waals surface area contributed by atoms with Gasteiger partial charge in [0.1, 0.15) is 5.82 Å². The van der Waals surface area contributed by atoms with Gasteiger partial charge in [0.05, 0.1) is 21.2 Å². The first kappa shape index (κ1) is 18.5. The largest absolute Gasteiger partial charge is 0.416 e. The highest BCUT2D eigenvalue weighted by molar-refractivity contribution is 8.18. The fraction of sp³-hybridized carbons (Fsp3) is 0.0588. The Labute approximate surface area is 154 Å². The van der Waals surface area contributed by atoms with Crippen LogP contribution in [0.15, 0.2) is 52.4 Å². The molecule has 2 aromatic rings. The zero-order chi connectivity index (χ0) is 18.9. The number of carbonyl (C=O) groups is 1. The maximum Gasteiger partial charge on any atom is 0.416 e. The predicted octanol–water partition coefficient (Wildman–Crippen LogP) is 5.39. The fourth-order valence-electron chi connectivity index (χ4n) is 2.10. The summed E-state index contributed by atoms with van der Waals surface area (Å²) in [6.07, 6.45) is -3.20. The summed E-state index contributed by atoms with van der Waals surface area (Å²) in [5, 5.41) is 2.48. The Kier molecular flexibility index (Phi) is 5.06. The van der Waals surface area contributed by atoms with E-state index in [1.807, 2.05) is 0 Å². The van der Waals surface area contributed by atoms with E-state index in [1.54, 1.807) is 6.07 Å². The molecule has 0 aliphatic carbocycles. The number of amidine groups is 1. The molecule has 2 aromatic carbocycles. The molecule has 9 heteroatoms. The summed E-state index contributed by atoms with van der Waals surface area (Å²) in [4.78, 5) is 16.1. The van der Waals surface area contributed by atoms with Crippen molar-refractivity contribution >= 4 is 46.2 Å². The SMILES string of the molecule is O=C1NC(=Nc2cc(C(F)(F)F)ccc2Cl)SC1=Cc1ccccc1F. The third-order valence-electron chi connectivity index (χ3n) is 3.34. The minimum absolute atomic E-state index is 0.00637. The average molecular weight is 401 g/mol. The Morgan fingerprint density at radius 2 is 1.88 bits per heavy atom. The average Bonchev–Trinajstić information content (AvgIpc) is 2.90. The first-order valence-corrected chi connectivity index (χ1v) is 8.34. The Morgan fingerprint density at radius 1 is 1.15 bits per heavy atom. The molecule has 1 saturated heterocycles. The number of nitrogens with one attached hydrogen (secondary N) is 1. The summed E-state index contributed by atoms with van der Waals surface area (Å²) in [6.45, 7) is 0. The molecule has 0 saturated carbocycles. The standard InChI is InChI=1S/C17H9ClF4N2OS/c18-11-6-5-10(17(20,21)22)8-13(11)23-16-24-15(25)14(26-16)7-9-3-1-2-4-12(9)19/h1-8H,(H,23,24,25). The number of halogens is 5. The Bertz CT molecular complexity index is 941. The first-order chi connectivity index (χ1) is 12.2. The van der Waals surface area contributed by atoms with Gasteiger partial charge in [-0.05, 0) is 42.1 Å². The van der Waals surface area contributed by atoms with Gasteiger partial charge in [-0.3, -0.25) is 4.79 Å². The number of amides is 1. The van der Waals surface area contributed by atoms with Gasteiger partial charge in [-0.15, -0.1) is 0 Å². The highest BCUT2D eigenvalue weighted by Crippen LogP contribution is 2.36. The van der Waals surface area contributed by atoms with Crippen LogP contribution in [0.3, 0.4) is 0 Å². The number of benzene rings is 2. The van der Waals surface area contributed by atoms with Crippen molar-refractivity contribution < 1.29 is 22.4 Å². The number of carbonyl (C=O) groups excluding carboxylic acids is 1. The van der Waals surface area contributed by atoms with Crippen LogP contribution in [-0.4, -0.2) is 11.1 Å². The van der Waals surface area contributed by atoms with Crippen LogP contribution in [-0.2, 0) is 11.0 Å². The molecule has 1 aliphatic heterocycles. The van der Waals surface area contributed by atoms with Crippen molar-refractivity contribution in [2.24, 2.45) is 4.99 Å². The van der Waals surface area contributed by atoms with E-state index in [9.17, 15) is 22.4 Å². The van der Waals surface area contributed by atoms with Crippen molar-refractivity contribution in [1.29, 1.82) is 0 Å². The van der Waals surface area contributed by atoms with Crippen LogP contribution in [0.2, 0.25) is 5.02 Å². The van der Waals surface area contributed by atoms with E-state index in [0.717, 1.165) is 30.0 Å². The molecule has 26 heavy (non-hydrogen) atoms. The molecule has 3 nitrogen and oxygen atoms in total. The van der Waals surface area contributed by atoms with Crippen molar-refractivity contribution in [2.75, 3.05) is 0 Å². The minimum Gasteiger partial charge on any atom is -0.300 e. The van der Waals surface area contributed by atoms with Gasteiger partial charge in [-0.2, -0.15) is 13.2 Å². The highest BCUT2D eigenvalue weighted by atomic mass is 35.5. The number of hydrogen-bond donors (Lipinski definition) is 1. The van der Waals surface area contributed by atoms with Crippen LogP contribution >= 0.6 is 23.4 Å². The van der Waals surface area contributed by atoms with E-state index in [1.165, 1.54) is 24.3 Å². The summed E-state index contributed by atoms with van der Waals surface area (Å²) in [7, 11) is 0. The number of thioether (sulfide) groups is 1. The fourth-order valence-corrected chi connectivity index (χ4v) is 3.08. The number of hydrogen-bond acceptors (Lipinski definition) is 3. The first-order valence-electron chi connectivity index (χ1n) is 7.15. The molecule has 0 bridgehead atoms. The molecule has 1 aliphatic rings. The molecule has 0 aromatic heterocycles. The van der Waals surface area contributed by atoms with Crippen molar-refractivity contribution in [2.45, 2.75) is 6.18 Å².